The van der Waals surface area contributed by atoms with E-state index in [1.165, 1.54) is 0 Å². The van der Waals surface area contributed by atoms with E-state index in [1.54, 1.807) is 7.05 Å². The van der Waals surface area contributed by atoms with Gasteiger partial charge in [-0.1, -0.05) is 20.8 Å². The van der Waals surface area contributed by atoms with E-state index in [0.717, 1.165) is 32.2 Å². The minimum Gasteiger partial charge on any atom is -0.389 e. The van der Waals surface area contributed by atoms with Crippen molar-refractivity contribution in [1.82, 2.24) is 10.2 Å². The predicted octanol–water partition coefficient (Wildman–Crippen LogP) is 1.79. The summed E-state index contributed by atoms with van der Waals surface area (Å²) in [4.78, 5) is 14.2. The van der Waals surface area contributed by atoms with Crippen molar-refractivity contribution in [2.75, 3.05) is 33.3 Å². The summed E-state index contributed by atoms with van der Waals surface area (Å²) < 4.78 is 5.70. The number of aliphatic hydroxyl groups is 1. The summed E-state index contributed by atoms with van der Waals surface area (Å²) in [5.74, 6) is 0.592. The molecule has 0 aromatic heterocycles. The lowest BCUT2D eigenvalue weighted by Gasteiger charge is -2.46. The fraction of sp³-hybridized carbons (Fsp3) is 0.944. The number of carbonyl (C=O) groups is 1. The molecule has 1 aliphatic carbocycles. The molecule has 2 N–H and O–H groups in total. The first kappa shape index (κ1) is 18.7. The summed E-state index contributed by atoms with van der Waals surface area (Å²) in [5.41, 5.74) is -1.12. The zero-order chi connectivity index (χ0) is 17.3. The number of hydrogen-bond acceptors (Lipinski definition) is 4. The molecule has 23 heavy (non-hydrogen) atoms. The van der Waals surface area contributed by atoms with Crippen LogP contribution in [0.5, 0.6) is 0 Å². The molecule has 1 atom stereocenters. The van der Waals surface area contributed by atoms with Gasteiger partial charge >= 0.3 is 0 Å². The zero-order valence-electron chi connectivity index (χ0n) is 15.4. The zero-order valence-corrected chi connectivity index (χ0v) is 15.4. The second-order valence-corrected chi connectivity index (χ2v) is 8.73. The molecule has 1 aliphatic heterocycles. The Labute approximate surface area is 140 Å². The Bertz CT molecular complexity index is 424. The van der Waals surface area contributed by atoms with Crippen molar-refractivity contribution in [3.8, 4) is 0 Å². The maximum Gasteiger partial charge on any atom is 0.253 e. The Hall–Kier alpha value is -0.650. The van der Waals surface area contributed by atoms with Crippen molar-refractivity contribution < 1.29 is 14.6 Å². The molecule has 1 heterocycles. The molecule has 1 saturated carbocycles. The summed E-state index contributed by atoms with van der Waals surface area (Å²) >= 11 is 0. The fourth-order valence-corrected chi connectivity index (χ4v) is 4.08. The van der Waals surface area contributed by atoms with Gasteiger partial charge in [-0.25, -0.2) is 0 Å². The number of likely N-dealkylation sites (N-methyl/N-ethyl adjacent to an activating group) is 1. The maximum atomic E-state index is 12.0. The van der Waals surface area contributed by atoms with Gasteiger partial charge in [-0.2, -0.15) is 0 Å². The Morgan fingerprint density at radius 2 is 1.96 bits per heavy atom. The van der Waals surface area contributed by atoms with Crippen LogP contribution in [0.3, 0.4) is 0 Å². The van der Waals surface area contributed by atoms with Crippen LogP contribution in [0, 0.1) is 11.3 Å². The number of carbonyl (C=O) groups excluding carboxylic acids is 1. The number of rotatable bonds is 3. The SMILES string of the molecule is CNC(=O)[C@@]1(C)CN(CC2(O)CCC(C(C)(C)C)CC2)CCO1. The van der Waals surface area contributed by atoms with Crippen LogP contribution >= 0.6 is 0 Å². The van der Waals surface area contributed by atoms with Crippen molar-refractivity contribution in [3.05, 3.63) is 0 Å². The highest BCUT2D eigenvalue weighted by atomic mass is 16.5. The smallest absolute Gasteiger partial charge is 0.253 e. The maximum absolute atomic E-state index is 12.0. The minimum absolute atomic E-state index is 0.0920. The second kappa shape index (κ2) is 6.69. The van der Waals surface area contributed by atoms with E-state index < -0.39 is 11.2 Å². The molecule has 5 nitrogen and oxygen atoms in total. The molecule has 0 radical (unpaired) electrons. The van der Waals surface area contributed by atoms with Crippen molar-refractivity contribution in [2.24, 2.45) is 11.3 Å². The normalized spacial score (nSPS) is 36.7. The van der Waals surface area contributed by atoms with E-state index in [2.05, 4.69) is 31.0 Å². The van der Waals surface area contributed by atoms with Gasteiger partial charge in [0.25, 0.3) is 5.91 Å². The van der Waals surface area contributed by atoms with Gasteiger partial charge in [-0.3, -0.25) is 9.69 Å². The van der Waals surface area contributed by atoms with Gasteiger partial charge in [0.05, 0.1) is 12.2 Å². The Balaban J connectivity index is 1.93. The van der Waals surface area contributed by atoms with Crippen molar-refractivity contribution in [1.29, 1.82) is 0 Å². The van der Waals surface area contributed by atoms with Crippen LogP contribution in [-0.2, 0) is 9.53 Å². The number of hydrogen-bond donors (Lipinski definition) is 2. The van der Waals surface area contributed by atoms with Crippen molar-refractivity contribution in [3.63, 3.8) is 0 Å². The minimum atomic E-state index is -0.814. The van der Waals surface area contributed by atoms with Crippen molar-refractivity contribution in [2.45, 2.75) is 64.6 Å². The van der Waals surface area contributed by atoms with Crippen LogP contribution in [-0.4, -0.2) is 60.4 Å². The van der Waals surface area contributed by atoms with E-state index in [4.69, 9.17) is 4.74 Å². The molecule has 2 aliphatic rings. The van der Waals surface area contributed by atoms with Gasteiger partial charge in [-0.15, -0.1) is 0 Å². The molecule has 5 heteroatoms. The summed E-state index contributed by atoms with van der Waals surface area (Å²) in [7, 11) is 1.64. The van der Waals surface area contributed by atoms with Crippen LogP contribution < -0.4 is 5.32 Å². The fourth-order valence-electron chi connectivity index (χ4n) is 4.08. The molecule has 1 amide bonds. The van der Waals surface area contributed by atoms with E-state index in [1.807, 2.05) is 6.92 Å². The summed E-state index contributed by atoms with van der Waals surface area (Å²) in [5, 5.41) is 13.7. The molecule has 0 bridgehead atoms. The highest BCUT2D eigenvalue weighted by Crippen LogP contribution is 2.41. The number of ether oxygens (including phenoxy) is 1. The molecule has 134 valence electrons. The van der Waals surface area contributed by atoms with Gasteiger partial charge in [0.2, 0.25) is 0 Å². The quantitative estimate of drug-likeness (QED) is 0.830. The lowest BCUT2D eigenvalue weighted by atomic mass is 9.68. The van der Waals surface area contributed by atoms with E-state index in [0.29, 0.717) is 31.0 Å². The van der Waals surface area contributed by atoms with Gasteiger partial charge in [0, 0.05) is 26.7 Å². The van der Waals surface area contributed by atoms with E-state index in [-0.39, 0.29) is 5.91 Å². The van der Waals surface area contributed by atoms with Crippen LogP contribution in [0.1, 0.15) is 53.4 Å². The average molecular weight is 326 g/mol. The Kier molecular flexibility index (Phi) is 5.44. The average Bonchev–Trinajstić information content (AvgIpc) is 2.45. The number of β-amino-alcohol motifs (C(OH)–C–C–N with tert-alkyl or cyclic N) is 1. The summed E-state index contributed by atoms with van der Waals surface area (Å²) in [6.45, 7) is 11.2. The van der Waals surface area contributed by atoms with Gasteiger partial charge in [0.1, 0.15) is 0 Å². The van der Waals surface area contributed by atoms with Crippen LogP contribution in [0.15, 0.2) is 0 Å². The highest BCUT2D eigenvalue weighted by Gasteiger charge is 2.43. The molecule has 2 fully saturated rings. The third-order valence-electron chi connectivity index (χ3n) is 5.72. The third-order valence-corrected chi connectivity index (χ3v) is 5.72. The Morgan fingerprint density at radius 1 is 1.35 bits per heavy atom. The highest BCUT2D eigenvalue weighted by molar-refractivity contribution is 5.84. The van der Waals surface area contributed by atoms with Crippen LogP contribution in [0.4, 0.5) is 0 Å². The van der Waals surface area contributed by atoms with Crippen LogP contribution in [0.25, 0.3) is 0 Å². The molecule has 0 aromatic rings. The van der Waals surface area contributed by atoms with Gasteiger partial charge < -0.3 is 15.2 Å². The lowest BCUT2D eigenvalue weighted by Crippen LogP contribution is -2.60. The van der Waals surface area contributed by atoms with Gasteiger partial charge in [-0.05, 0) is 43.9 Å². The topological polar surface area (TPSA) is 61.8 Å². The van der Waals surface area contributed by atoms with E-state index >= 15 is 0 Å². The first-order valence-corrected chi connectivity index (χ1v) is 8.89. The standard InChI is InChI=1S/C18H34N2O3/c1-16(2,3)14-6-8-18(22,9-7-14)13-20-10-11-23-17(4,12-20)15(21)19-5/h14,22H,6-13H2,1-5H3,(H,19,21)/t14?,17-,18?/m1/s1. The van der Waals surface area contributed by atoms with Crippen molar-refractivity contribution >= 4 is 5.91 Å². The molecular weight excluding hydrogens is 292 g/mol. The predicted molar refractivity (Wildman–Crippen MR) is 91.2 cm³/mol. The molecular formula is C18H34N2O3. The number of morpholine rings is 1. The number of nitrogens with one attached hydrogen (secondary N) is 1. The first-order chi connectivity index (χ1) is 10.6. The largest absolute Gasteiger partial charge is 0.389 e. The third kappa shape index (κ3) is 4.46. The molecule has 1 saturated heterocycles. The van der Waals surface area contributed by atoms with Gasteiger partial charge in [0.15, 0.2) is 5.60 Å². The van der Waals surface area contributed by atoms with E-state index in [9.17, 15) is 9.90 Å². The summed E-state index contributed by atoms with van der Waals surface area (Å²) in [6.07, 6.45) is 3.86. The lowest BCUT2D eigenvalue weighted by molar-refractivity contribution is -0.160. The monoisotopic (exact) mass is 326 g/mol. The molecule has 0 unspecified atom stereocenters. The Morgan fingerprint density at radius 3 is 2.48 bits per heavy atom. The first-order valence-electron chi connectivity index (χ1n) is 8.89. The molecule has 0 aromatic carbocycles. The van der Waals surface area contributed by atoms with Crippen LogP contribution in [0.2, 0.25) is 0 Å². The second-order valence-electron chi connectivity index (χ2n) is 8.73. The molecule has 2 rings (SSSR count). The summed E-state index contributed by atoms with van der Waals surface area (Å²) in [6, 6.07) is 0. The number of nitrogens with zero attached hydrogens (tertiary/aromatic N) is 1. The number of amides is 1. The molecule has 0 spiro atoms.